The summed E-state index contributed by atoms with van der Waals surface area (Å²) in [4.78, 5) is 11.6. The number of esters is 1. The number of rotatable bonds is 6. The normalized spacial score (nSPS) is 21.7. The van der Waals surface area contributed by atoms with E-state index in [4.69, 9.17) is 9.47 Å². The molecule has 0 N–H and O–H groups in total. The molecule has 0 unspecified atom stereocenters. The molecule has 0 bridgehead atoms. The molecule has 4 heteroatoms. The molecule has 1 aliphatic heterocycles. The molecule has 1 fully saturated rings. The Hall–Kier alpha value is -1.42. The van der Waals surface area contributed by atoms with Crippen LogP contribution in [0.1, 0.15) is 25.3 Å². The van der Waals surface area contributed by atoms with Gasteiger partial charge in [0.2, 0.25) is 0 Å². The van der Waals surface area contributed by atoms with Crippen molar-refractivity contribution in [2.45, 2.75) is 31.8 Å². The first-order valence-corrected chi connectivity index (χ1v) is 6.22. The fraction of sp³-hybridized carbons (Fsp3) is 0.500. The van der Waals surface area contributed by atoms with Gasteiger partial charge in [0.05, 0.1) is 13.2 Å². The molecule has 0 radical (unpaired) electrons. The van der Waals surface area contributed by atoms with Gasteiger partial charge in [0.15, 0.2) is 5.60 Å². The first-order chi connectivity index (χ1) is 8.66. The van der Waals surface area contributed by atoms with Crippen molar-refractivity contribution >= 4 is 5.97 Å². The van der Waals surface area contributed by atoms with Crippen LogP contribution in [0.3, 0.4) is 0 Å². The number of hydrogen-bond acceptors (Lipinski definition) is 3. The third-order valence-electron chi connectivity index (χ3n) is 3.10. The van der Waals surface area contributed by atoms with Crippen molar-refractivity contribution in [2.24, 2.45) is 0 Å². The van der Waals surface area contributed by atoms with Gasteiger partial charge in [0, 0.05) is 0 Å². The average Bonchev–Trinajstić information content (AvgIpc) is 3.13. The molecule has 1 atom stereocenters. The Morgan fingerprint density at radius 3 is 2.67 bits per heavy atom. The second-order valence-corrected chi connectivity index (χ2v) is 4.48. The van der Waals surface area contributed by atoms with Gasteiger partial charge < -0.3 is 9.47 Å². The van der Waals surface area contributed by atoms with Gasteiger partial charge in [-0.15, -0.1) is 0 Å². The Kier molecular flexibility index (Phi) is 3.97. The maximum absolute atomic E-state index is 12.7. The summed E-state index contributed by atoms with van der Waals surface area (Å²) in [6.45, 7) is 2.61. The van der Waals surface area contributed by atoms with Gasteiger partial charge in [0.25, 0.3) is 0 Å². The van der Waals surface area contributed by atoms with Gasteiger partial charge in [0.1, 0.15) is 5.82 Å². The van der Waals surface area contributed by atoms with Gasteiger partial charge in [-0.05, 0) is 43.9 Å². The van der Waals surface area contributed by atoms with E-state index in [2.05, 4.69) is 0 Å². The highest BCUT2D eigenvalue weighted by molar-refractivity contribution is 5.82. The molecule has 1 aliphatic rings. The number of halogens is 1. The van der Waals surface area contributed by atoms with Gasteiger partial charge in [-0.2, -0.15) is 0 Å². The molecule has 1 heterocycles. The molecule has 98 valence electrons. The molecule has 2 rings (SSSR count). The minimum absolute atomic E-state index is 0.229. The van der Waals surface area contributed by atoms with Crippen LogP contribution in [-0.2, 0) is 20.7 Å². The highest BCUT2D eigenvalue weighted by Crippen LogP contribution is 2.34. The summed E-state index contributed by atoms with van der Waals surface area (Å²) in [7, 11) is 0. The summed E-state index contributed by atoms with van der Waals surface area (Å²) >= 11 is 0. The number of benzene rings is 1. The topological polar surface area (TPSA) is 38.8 Å². The van der Waals surface area contributed by atoms with Crippen LogP contribution < -0.4 is 0 Å². The summed E-state index contributed by atoms with van der Waals surface area (Å²) in [5, 5.41) is 0. The van der Waals surface area contributed by atoms with Crippen molar-refractivity contribution in [3.8, 4) is 0 Å². The zero-order valence-corrected chi connectivity index (χ0v) is 10.4. The van der Waals surface area contributed by atoms with Gasteiger partial charge in [-0.1, -0.05) is 12.1 Å². The van der Waals surface area contributed by atoms with Crippen molar-refractivity contribution < 1.29 is 18.7 Å². The van der Waals surface area contributed by atoms with Gasteiger partial charge in [-0.25, -0.2) is 9.18 Å². The van der Waals surface area contributed by atoms with E-state index in [1.54, 1.807) is 19.1 Å². The Balaban J connectivity index is 1.78. The number of epoxide rings is 1. The van der Waals surface area contributed by atoms with Crippen LogP contribution in [0.25, 0.3) is 0 Å². The highest BCUT2D eigenvalue weighted by Gasteiger charge is 2.52. The van der Waals surface area contributed by atoms with Crippen LogP contribution >= 0.6 is 0 Å². The van der Waals surface area contributed by atoms with Crippen molar-refractivity contribution in [3.63, 3.8) is 0 Å². The minimum atomic E-state index is -0.698. The van der Waals surface area contributed by atoms with Crippen LogP contribution in [0.2, 0.25) is 0 Å². The minimum Gasteiger partial charge on any atom is -0.464 e. The zero-order valence-electron chi connectivity index (χ0n) is 10.4. The molecule has 0 aliphatic carbocycles. The lowest BCUT2D eigenvalue weighted by molar-refractivity contribution is -0.149. The van der Waals surface area contributed by atoms with Crippen LogP contribution in [0.4, 0.5) is 4.39 Å². The van der Waals surface area contributed by atoms with Gasteiger partial charge in [-0.3, -0.25) is 0 Å². The fourth-order valence-corrected chi connectivity index (χ4v) is 1.94. The van der Waals surface area contributed by atoms with Crippen LogP contribution in [0.5, 0.6) is 0 Å². The van der Waals surface area contributed by atoms with E-state index < -0.39 is 5.60 Å². The number of carbonyl (C=O) groups is 1. The zero-order chi connectivity index (χ0) is 13.0. The third-order valence-corrected chi connectivity index (χ3v) is 3.10. The molecule has 0 spiro atoms. The summed E-state index contributed by atoms with van der Waals surface area (Å²) in [6, 6.07) is 6.42. The predicted octanol–water partition coefficient (Wildman–Crippen LogP) is 2.48. The molecule has 1 aromatic rings. The molecular weight excluding hydrogens is 235 g/mol. The van der Waals surface area contributed by atoms with Crippen molar-refractivity contribution in [3.05, 3.63) is 35.6 Å². The van der Waals surface area contributed by atoms with Crippen molar-refractivity contribution in [1.29, 1.82) is 0 Å². The maximum atomic E-state index is 12.7. The highest BCUT2D eigenvalue weighted by atomic mass is 19.1. The third kappa shape index (κ3) is 3.07. The molecule has 3 nitrogen and oxygen atoms in total. The van der Waals surface area contributed by atoms with Crippen LogP contribution in [-0.4, -0.2) is 24.8 Å². The molecule has 0 aromatic heterocycles. The number of carbonyl (C=O) groups excluding carboxylic acids is 1. The average molecular weight is 252 g/mol. The summed E-state index contributed by atoms with van der Waals surface area (Å²) < 4.78 is 22.9. The first kappa shape index (κ1) is 13.0. The number of aryl methyl sites for hydroxylation is 1. The lowest BCUT2D eigenvalue weighted by atomic mass is 10.0. The number of ether oxygens (including phenoxy) is 2. The Morgan fingerprint density at radius 2 is 2.11 bits per heavy atom. The molecule has 1 saturated heterocycles. The molecule has 0 saturated carbocycles. The van der Waals surface area contributed by atoms with E-state index in [0.29, 0.717) is 19.6 Å². The second-order valence-electron chi connectivity index (χ2n) is 4.48. The predicted molar refractivity (Wildman–Crippen MR) is 64.7 cm³/mol. The van der Waals surface area contributed by atoms with E-state index in [0.717, 1.165) is 18.4 Å². The quantitative estimate of drug-likeness (QED) is 0.576. The summed E-state index contributed by atoms with van der Waals surface area (Å²) in [5.41, 5.74) is 0.367. The fourth-order valence-electron chi connectivity index (χ4n) is 1.94. The standard InChI is InChI=1S/C14H17FO3/c1-2-17-13(16)14(10-18-14)9-3-4-11-5-7-12(15)8-6-11/h5-8H,2-4,9-10H2,1H3/t14-/m1/s1. The molecular formula is C14H17FO3. The van der Waals surface area contributed by atoms with E-state index in [9.17, 15) is 9.18 Å². The Labute approximate surface area is 106 Å². The van der Waals surface area contributed by atoms with E-state index in [1.165, 1.54) is 12.1 Å². The molecule has 1 aromatic carbocycles. The van der Waals surface area contributed by atoms with E-state index in [-0.39, 0.29) is 11.8 Å². The van der Waals surface area contributed by atoms with Gasteiger partial charge >= 0.3 is 5.97 Å². The monoisotopic (exact) mass is 252 g/mol. The Bertz CT molecular complexity index is 410. The second kappa shape index (κ2) is 5.48. The first-order valence-electron chi connectivity index (χ1n) is 6.22. The Morgan fingerprint density at radius 1 is 1.44 bits per heavy atom. The lowest BCUT2D eigenvalue weighted by Crippen LogP contribution is -2.27. The molecule has 0 amide bonds. The SMILES string of the molecule is CCOC(=O)[C@@]1(CCCc2ccc(F)cc2)CO1. The van der Waals surface area contributed by atoms with E-state index in [1.807, 2.05) is 0 Å². The van der Waals surface area contributed by atoms with Crippen molar-refractivity contribution in [2.75, 3.05) is 13.2 Å². The molecule has 18 heavy (non-hydrogen) atoms. The van der Waals surface area contributed by atoms with Crippen LogP contribution in [0, 0.1) is 5.82 Å². The maximum Gasteiger partial charge on any atom is 0.340 e. The van der Waals surface area contributed by atoms with E-state index >= 15 is 0 Å². The summed E-state index contributed by atoms with van der Waals surface area (Å²) in [6.07, 6.45) is 2.29. The summed E-state index contributed by atoms with van der Waals surface area (Å²) in [5.74, 6) is -0.489. The lowest BCUT2D eigenvalue weighted by Gasteiger charge is -2.10. The van der Waals surface area contributed by atoms with Crippen LogP contribution in [0.15, 0.2) is 24.3 Å². The smallest absolute Gasteiger partial charge is 0.340 e. The number of hydrogen-bond donors (Lipinski definition) is 0. The van der Waals surface area contributed by atoms with Crippen molar-refractivity contribution in [1.82, 2.24) is 0 Å². The largest absolute Gasteiger partial charge is 0.464 e.